The summed E-state index contributed by atoms with van der Waals surface area (Å²) in [6.45, 7) is 6.94. The largest absolute Gasteiger partial charge is 0.385 e. The summed E-state index contributed by atoms with van der Waals surface area (Å²) in [5.74, 6) is 0.426. The number of anilines is 2. The van der Waals surface area contributed by atoms with Crippen LogP contribution in [-0.4, -0.2) is 12.5 Å². The van der Waals surface area contributed by atoms with Gasteiger partial charge in [-0.3, -0.25) is 4.79 Å². The van der Waals surface area contributed by atoms with Crippen LogP contribution in [0, 0.1) is 6.92 Å². The first-order chi connectivity index (χ1) is 10.6. The molecule has 2 rings (SSSR count). The minimum Gasteiger partial charge on any atom is -0.385 e. The van der Waals surface area contributed by atoms with E-state index in [-0.39, 0.29) is 5.91 Å². The molecule has 2 N–H and O–H groups in total. The van der Waals surface area contributed by atoms with Gasteiger partial charge >= 0.3 is 0 Å². The second-order valence-electron chi connectivity index (χ2n) is 5.84. The molecule has 2 aromatic carbocycles. The molecule has 0 atom stereocenters. The molecule has 0 aliphatic heterocycles. The van der Waals surface area contributed by atoms with E-state index < -0.39 is 0 Å². The van der Waals surface area contributed by atoms with Crippen LogP contribution in [0.1, 0.15) is 37.3 Å². The Hall–Kier alpha value is -2.29. The Morgan fingerprint density at radius 2 is 1.86 bits per heavy atom. The Morgan fingerprint density at radius 3 is 2.59 bits per heavy atom. The minimum absolute atomic E-state index is 0.0354. The van der Waals surface area contributed by atoms with Gasteiger partial charge in [0.05, 0.1) is 0 Å². The van der Waals surface area contributed by atoms with Crippen molar-refractivity contribution in [2.75, 3.05) is 17.2 Å². The molecule has 0 saturated heterocycles. The van der Waals surface area contributed by atoms with Crippen LogP contribution in [0.4, 0.5) is 11.4 Å². The highest BCUT2D eigenvalue weighted by atomic mass is 16.1. The van der Waals surface area contributed by atoms with Crippen molar-refractivity contribution in [1.82, 2.24) is 0 Å². The van der Waals surface area contributed by atoms with Gasteiger partial charge in [0.1, 0.15) is 0 Å². The van der Waals surface area contributed by atoms with Gasteiger partial charge in [-0.1, -0.05) is 44.2 Å². The molecule has 0 bridgehead atoms. The van der Waals surface area contributed by atoms with Gasteiger partial charge in [0, 0.05) is 24.3 Å². The third-order valence-electron chi connectivity index (χ3n) is 3.56. The van der Waals surface area contributed by atoms with E-state index >= 15 is 0 Å². The average Bonchev–Trinajstić information content (AvgIpc) is 2.47. The zero-order valence-corrected chi connectivity index (χ0v) is 13.5. The van der Waals surface area contributed by atoms with Gasteiger partial charge < -0.3 is 10.6 Å². The Morgan fingerprint density at radius 1 is 1.09 bits per heavy atom. The predicted octanol–water partition coefficient (Wildman–Crippen LogP) is 4.56. The average molecular weight is 296 g/mol. The molecule has 0 radical (unpaired) electrons. The maximum Gasteiger partial charge on any atom is 0.226 e. The second-order valence-corrected chi connectivity index (χ2v) is 5.84. The highest BCUT2D eigenvalue weighted by molar-refractivity contribution is 5.91. The standard InChI is InChI=1S/C19H24N2O/c1-14(2)17-9-4-5-10-18(17)21-19(22)11-12-20-16-8-6-7-15(3)13-16/h4-10,13-14,20H,11-12H2,1-3H3,(H,21,22). The van der Waals surface area contributed by atoms with Gasteiger partial charge in [-0.25, -0.2) is 0 Å². The highest BCUT2D eigenvalue weighted by Gasteiger charge is 2.08. The van der Waals surface area contributed by atoms with Crippen LogP contribution in [0.3, 0.4) is 0 Å². The van der Waals surface area contributed by atoms with Crippen molar-refractivity contribution in [3.63, 3.8) is 0 Å². The first-order valence-electron chi connectivity index (χ1n) is 7.75. The number of amides is 1. The second kappa shape index (κ2) is 7.64. The molecule has 0 fully saturated rings. The van der Waals surface area contributed by atoms with E-state index in [1.165, 1.54) is 11.1 Å². The fraction of sp³-hybridized carbons (Fsp3) is 0.316. The fourth-order valence-corrected chi connectivity index (χ4v) is 2.40. The first kappa shape index (κ1) is 16.1. The van der Waals surface area contributed by atoms with Crippen LogP contribution in [0.15, 0.2) is 48.5 Å². The number of nitrogens with one attached hydrogen (secondary N) is 2. The Bertz CT molecular complexity index is 635. The van der Waals surface area contributed by atoms with Crippen LogP contribution in [0.25, 0.3) is 0 Å². The molecule has 1 amide bonds. The summed E-state index contributed by atoms with van der Waals surface area (Å²) in [6, 6.07) is 16.1. The number of carbonyl (C=O) groups excluding carboxylic acids is 1. The third-order valence-corrected chi connectivity index (χ3v) is 3.56. The smallest absolute Gasteiger partial charge is 0.226 e. The van der Waals surface area contributed by atoms with Gasteiger partial charge in [-0.15, -0.1) is 0 Å². The Balaban J connectivity index is 1.86. The van der Waals surface area contributed by atoms with E-state index in [0.29, 0.717) is 18.9 Å². The normalized spacial score (nSPS) is 10.5. The topological polar surface area (TPSA) is 41.1 Å². The van der Waals surface area contributed by atoms with Crippen molar-refractivity contribution in [3.05, 3.63) is 59.7 Å². The highest BCUT2D eigenvalue weighted by Crippen LogP contribution is 2.23. The summed E-state index contributed by atoms with van der Waals surface area (Å²) in [7, 11) is 0. The van der Waals surface area contributed by atoms with Crippen LogP contribution in [0.2, 0.25) is 0 Å². The van der Waals surface area contributed by atoms with E-state index in [0.717, 1.165) is 11.4 Å². The molecule has 0 heterocycles. The van der Waals surface area contributed by atoms with Crippen LogP contribution in [0.5, 0.6) is 0 Å². The van der Waals surface area contributed by atoms with Crippen molar-refractivity contribution in [1.29, 1.82) is 0 Å². The van der Waals surface area contributed by atoms with Crippen LogP contribution < -0.4 is 10.6 Å². The number of carbonyl (C=O) groups is 1. The molecule has 0 aliphatic rings. The van der Waals surface area contributed by atoms with E-state index in [1.807, 2.05) is 30.3 Å². The Kier molecular flexibility index (Phi) is 5.59. The van der Waals surface area contributed by atoms with Crippen LogP contribution in [-0.2, 0) is 4.79 Å². The molecule has 2 aromatic rings. The number of benzene rings is 2. The number of aryl methyl sites for hydroxylation is 1. The van der Waals surface area contributed by atoms with E-state index in [4.69, 9.17) is 0 Å². The SMILES string of the molecule is Cc1cccc(NCCC(=O)Nc2ccccc2C(C)C)c1. The van der Waals surface area contributed by atoms with Crippen LogP contribution >= 0.6 is 0 Å². The van der Waals surface area contributed by atoms with Gasteiger partial charge in [-0.05, 0) is 42.2 Å². The molecule has 0 saturated carbocycles. The van der Waals surface area contributed by atoms with Crippen molar-refractivity contribution in [2.45, 2.75) is 33.1 Å². The number of hydrogen-bond acceptors (Lipinski definition) is 2. The number of hydrogen-bond donors (Lipinski definition) is 2. The molecule has 0 aliphatic carbocycles. The molecular weight excluding hydrogens is 272 g/mol. The molecule has 116 valence electrons. The van der Waals surface area contributed by atoms with Crippen molar-refractivity contribution in [2.24, 2.45) is 0 Å². The fourth-order valence-electron chi connectivity index (χ4n) is 2.40. The third kappa shape index (κ3) is 4.62. The van der Waals surface area contributed by atoms with Crippen molar-refractivity contribution in [3.8, 4) is 0 Å². The molecule has 0 aromatic heterocycles. The maximum absolute atomic E-state index is 12.1. The lowest BCUT2D eigenvalue weighted by Crippen LogP contribution is -2.17. The van der Waals surface area contributed by atoms with Gasteiger partial charge in [0.15, 0.2) is 0 Å². The summed E-state index contributed by atoms with van der Waals surface area (Å²) in [5, 5.41) is 6.29. The summed E-state index contributed by atoms with van der Waals surface area (Å²) < 4.78 is 0. The number of rotatable bonds is 6. The van der Waals surface area contributed by atoms with Crippen molar-refractivity contribution < 1.29 is 4.79 Å². The number of para-hydroxylation sites is 1. The molecule has 0 spiro atoms. The molecule has 3 heteroatoms. The molecule has 22 heavy (non-hydrogen) atoms. The summed E-state index contributed by atoms with van der Waals surface area (Å²) in [4.78, 5) is 12.1. The van der Waals surface area contributed by atoms with E-state index in [1.54, 1.807) is 0 Å². The van der Waals surface area contributed by atoms with Gasteiger partial charge in [-0.2, -0.15) is 0 Å². The molecular formula is C19H24N2O. The quantitative estimate of drug-likeness (QED) is 0.820. The monoisotopic (exact) mass is 296 g/mol. The summed E-state index contributed by atoms with van der Waals surface area (Å²) in [5.41, 5.74) is 4.34. The zero-order valence-electron chi connectivity index (χ0n) is 13.5. The Labute approximate surface area is 132 Å². The van der Waals surface area contributed by atoms with E-state index in [9.17, 15) is 4.79 Å². The predicted molar refractivity (Wildman–Crippen MR) is 93.4 cm³/mol. The van der Waals surface area contributed by atoms with E-state index in [2.05, 4.69) is 49.6 Å². The lowest BCUT2D eigenvalue weighted by Gasteiger charge is -2.14. The van der Waals surface area contributed by atoms with Gasteiger partial charge in [0.2, 0.25) is 5.91 Å². The minimum atomic E-state index is 0.0354. The molecule has 0 unspecified atom stereocenters. The summed E-state index contributed by atoms with van der Waals surface area (Å²) >= 11 is 0. The lowest BCUT2D eigenvalue weighted by molar-refractivity contribution is -0.115. The van der Waals surface area contributed by atoms with Gasteiger partial charge in [0.25, 0.3) is 0 Å². The lowest BCUT2D eigenvalue weighted by atomic mass is 10.0. The zero-order chi connectivity index (χ0) is 15.9. The summed E-state index contributed by atoms with van der Waals surface area (Å²) in [6.07, 6.45) is 0.445. The van der Waals surface area contributed by atoms with Crippen molar-refractivity contribution >= 4 is 17.3 Å². The molecule has 3 nitrogen and oxygen atoms in total. The first-order valence-corrected chi connectivity index (χ1v) is 7.75. The maximum atomic E-state index is 12.1.